The van der Waals surface area contributed by atoms with Gasteiger partial charge in [-0.25, -0.2) is 0 Å². The van der Waals surface area contributed by atoms with Crippen LogP contribution < -0.4 is 0 Å². The van der Waals surface area contributed by atoms with Crippen LogP contribution in [-0.4, -0.2) is 19.0 Å². The van der Waals surface area contributed by atoms with Crippen LogP contribution in [0.4, 0.5) is 0 Å². The lowest BCUT2D eigenvalue weighted by Crippen LogP contribution is -2.06. The normalized spacial score (nSPS) is 11.0. The molecule has 7 heteroatoms. The van der Waals surface area contributed by atoms with Gasteiger partial charge in [-0.1, -0.05) is 99.7 Å². The van der Waals surface area contributed by atoms with Crippen LogP contribution in [0.3, 0.4) is 0 Å². The summed E-state index contributed by atoms with van der Waals surface area (Å²) >= 11 is 14.4. The molecule has 2 rings (SSSR count). The molecule has 0 N–H and O–H groups in total. The molecule has 120 valence electrons. The van der Waals surface area contributed by atoms with Crippen molar-refractivity contribution in [1.82, 2.24) is 0 Å². The van der Waals surface area contributed by atoms with Crippen LogP contribution in [0.25, 0.3) is 0 Å². The number of halogens is 4. The van der Waals surface area contributed by atoms with Gasteiger partial charge in [-0.05, 0) is 24.3 Å². The summed E-state index contributed by atoms with van der Waals surface area (Å²) in [6, 6.07) is 14.9. The molecule has 0 bridgehead atoms. The van der Waals surface area contributed by atoms with Gasteiger partial charge in [0.2, 0.25) is 0 Å². The number of ketones is 2. The molecule has 0 fully saturated rings. The first-order valence-corrected chi connectivity index (χ1v) is 10.9. The Morgan fingerprint density at radius 3 is 1.22 bits per heavy atom. The Balaban J connectivity index is 2.08. The summed E-state index contributed by atoms with van der Waals surface area (Å²) in [6.07, 6.45) is 0. The second kappa shape index (κ2) is 8.94. The molecule has 0 radical (unpaired) electrons. The van der Waals surface area contributed by atoms with E-state index in [0.29, 0.717) is 11.1 Å². The highest BCUT2D eigenvalue weighted by Crippen LogP contribution is 2.29. The minimum absolute atomic E-state index is 0.0106. The van der Waals surface area contributed by atoms with Crippen LogP contribution >= 0.6 is 75.5 Å². The van der Waals surface area contributed by atoms with E-state index in [2.05, 4.69) is 63.7 Å². The standard InChI is InChI=1S/C16H10Br4O2S/c17-15(18)13(21)9-1-5-11(6-2-9)23-12-7-3-10(4-8-12)14(22)16(19)20/h1-8,15-16H. The number of carbonyl (C=O) groups excluding carboxylic acids is 2. The second-order valence-corrected chi connectivity index (χ2v) is 11.7. The highest BCUT2D eigenvalue weighted by molar-refractivity contribution is 9.25. The summed E-state index contributed by atoms with van der Waals surface area (Å²) < 4.78 is -0.738. The molecule has 0 saturated carbocycles. The molecule has 0 aliphatic carbocycles. The van der Waals surface area contributed by atoms with Crippen molar-refractivity contribution in [2.75, 3.05) is 0 Å². The molecular formula is C16H10Br4O2S. The smallest absolute Gasteiger partial charge is 0.187 e. The van der Waals surface area contributed by atoms with Crippen LogP contribution in [0.15, 0.2) is 58.3 Å². The summed E-state index contributed by atoms with van der Waals surface area (Å²) in [5, 5.41) is 0. The number of carbonyl (C=O) groups is 2. The SMILES string of the molecule is O=C(c1ccc(Sc2ccc(C(=O)C(Br)Br)cc2)cc1)C(Br)Br. The Morgan fingerprint density at radius 1 is 0.652 bits per heavy atom. The van der Waals surface area contributed by atoms with Crippen LogP contribution in [0.2, 0.25) is 0 Å². The first-order valence-electron chi connectivity index (χ1n) is 6.41. The van der Waals surface area contributed by atoms with Gasteiger partial charge in [0.15, 0.2) is 11.6 Å². The molecule has 0 heterocycles. The molecule has 0 spiro atoms. The molecule has 0 unspecified atom stereocenters. The largest absolute Gasteiger partial charge is 0.292 e. The third-order valence-corrected chi connectivity index (χ3v) is 5.59. The van der Waals surface area contributed by atoms with Gasteiger partial charge in [-0.2, -0.15) is 0 Å². The van der Waals surface area contributed by atoms with Gasteiger partial charge in [0, 0.05) is 20.9 Å². The molecular weight excluding hydrogens is 576 g/mol. The van der Waals surface area contributed by atoms with E-state index in [0.717, 1.165) is 9.79 Å². The summed E-state index contributed by atoms with van der Waals surface area (Å²) in [6.45, 7) is 0. The topological polar surface area (TPSA) is 34.1 Å². The van der Waals surface area contributed by atoms with E-state index >= 15 is 0 Å². The lowest BCUT2D eigenvalue weighted by molar-refractivity contribution is 0.100. The van der Waals surface area contributed by atoms with Crippen LogP contribution in [0.5, 0.6) is 0 Å². The van der Waals surface area contributed by atoms with Gasteiger partial charge >= 0.3 is 0 Å². The van der Waals surface area contributed by atoms with Crippen molar-refractivity contribution in [3.8, 4) is 0 Å². The van der Waals surface area contributed by atoms with Gasteiger partial charge < -0.3 is 0 Å². The molecule has 2 nitrogen and oxygen atoms in total. The van der Waals surface area contributed by atoms with Gasteiger partial charge in [-0.15, -0.1) is 0 Å². The Bertz CT molecular complexity index is 636. The van der Waals surface area contributed by atoms with Crippen LogP contribution in [0, 0.1) is 0 Å². The molecule has 0 amide bonds. The van der Waals surface area contributed by atoms with Crippen molar-refractivity contribution in [2.24, 2.45) is 0 Å². The predicted octanol–water partition coefficient (Wildman–Crippen LogP) is 6.44. The third kappa shape index (κ3) is 5.53. The monoisotopic (exact) mass is 582 g/mol. The Morgan fingerprint density at radius 2 is 0.957 bits per heavy atom. The van der Waals surface area contributed by atoms with E-state index < -0.39 is 0 Å². The molecule has 0 aliphatic heterocycles. The second-order valence-electron chi connectivity index (χ2n) is 4.48. The van der Waals surface area contributed by atoms with Gasteiger partial charge in [0.1, 0.15) is 7.47 Å². The van der Waals surface area contributed by atoms with Crippen LogP contribution in [0.1, 0.15) is 20.7 Å². The van der Waals surface area contributed by atoms with E-state index in [4.69, 9.17) is 0 Å². The number of Topliss-reactive ketones (excluding diaryl/α,β-unsaturated/α-hetero) is 2. The maximum absolute atomic E-state index is 11.8. The third-order valence-electron chi connectivity index (χ3n) is 2.91. The zero-order chi connectivity index (χ0) is 17.0. The van der Waals surface area contributed by atoms with E-state index in [1.807, 2.05) is 24.3 Å². The zero-order valence-electron chi connectivity index (χ0n) is 11.5. The number of benzene rings is 2. The molecule has 0 saturated heterocycles. The van der Waals surface area contributed by atoms with Gasteiger partial charge in [0.25, 0.3) is 0 Å². The summed E-state index contributed by atoms with van der Waals surface area (Å²) in [4.78, 5) is 25.7. The molecule has 2 aromatic carbocycles. The van der Waals surface area contributed by atoms with Crippen molar-refractivity contribution >= 4 is 87.0 Å². The van der Waals surface area contributed by atoms with E-state index in [9.17, 15) is 9.59 Å². The fraction of sp³-hybridized carbons (Fsp3) is 0.125. The Hall–Kier alpha value is 0.0500. The fourth-order valence-electron chi connectivity index (χ4n) is 1.76. The first-order chi connectivity index (χ1) is 10.9. The number of hydrogen-bond donors (Lipinski definition) is 0. The van der Waals surface area contributed by atoms with E-state index in [-0.39, 0.29) is 19.0 Å². The molecule has 23 heavy (non-hydrogen) atoms. The predicted molar refractivity (Wildman–Crippen MR) is 109 cm³/mol. The first kappa shape index (κ1) is 19.4. The van der Waals surface area contributed by atoms with Crippen molar-refractivity contribution < 1.29 is 9.59 Å². The minimum atomic E-state index is -0.369. The van der Waals surface area contributed by atoms with Crippen LogP contribution in [-0.2, 0) is 0 Å². The van der Waals surface area contributed by atoms with Gasteiger partial charge in [0.05, 0.1) is 0 Å². The summed E-state index contributed by atoms with van der Waals surface area (Å²) in [5.74, 6) is -0.0213. The van der Waals surface area contributed by atoms with Crippen molar-refractivity contribution in [2.45, 2.75) is 17.3 Å². The Labute approximate surface area is 172 Å². The average Bonchev–Trinajstić information content (AvgIpc) is 2.54. The summed E-state index contributed by atoms with van der Waals surface area (Å²) in [7, 11) is 0. The quantitative estimate of drug-likeness (QED) is 0.289. The molecule has 0 aromatic heterocycles. The zero-order valence-corrected chi connectivity index (χ0v) is 18.7. The maximum Gasteiger partial charge on any atom is 0.187 e. The van der Waals surface area contributed by atoms with Gasteiger partial charge in [-0.3, -0.25) is 9.59 Å². The maximum atomic E-state index is 11.8. The fourth-order valence-corrected chi connectivity index (χ4v) is 3.64. The molecule has 2 aromatic rings. The van der Waals surface area contributed by atoms with Crippen molar-refractivity contribution in [1.29, 1.82) is 0 Å². The highest BCUT2D eigenvalue weighted by atomic mass is 79.9. The molecule has 0 aliphatic rings. The Kier molecular flexibility index (Phi) is 7.54. The average molecular weight is 586 g/mol. The number of alkyl halides is 4. The molecule has 0 atom stereocenters. The lowest BCUT2D eigenvalue weighted by atomic mass is 10.1. The van der Waals surface area contributed by atoms with Crippen molar-refractivity contribution in [3.63, 3.8) is 0 Å². The summed E-state index contributed by atoms with van der Waals surface area (Å²) in [5.41, 5.74) is 1.30. The lowest BCUT2D eigenvalue weighted by Gasteiger charge is -2.06. The highest BCUT2D eigenvalue weighted by Gasteiger charge is 2.14. The van der Waals surface area contributed by atoms with E-state index in [1.54, 1.807) is 36.0 Å². The minimum Gasteiger partial charge on any atom is -0.292 e. The van der Waals surface area contributed by atoms with E-state index in [1.165, 1.54) is 0 Å². The van der Waals surface area contributed by atoms with Crippen molar-refractivity contribution in [3.05, 3.63) is 59.7 Å². The number of rotatable bonds is 6. The number of hydrogen-bond acceptors (Lipinski definition) is 3.